The van der Waals surface area contributed by atoms with E-state index in [9.17, 15) is 4.79 Å². The van der Waals surface area contributed by atoms with E-state index in [0.29, 0.717) is 12.5 Å². The molecule has 84 valence electrons. The highest BCUT2D eigenvalue weighted by molar-refractivity contribution is 5.18. The fourth-order valence-electron chi connectivity index (χ4n) is 1.79. The van der Waals surface area contributed by atoms with Gasteiger partial charge in [-0.1, -0.05) is 19.9 Å². The van der Waals surface area contributed by atoms with E-state index in [1.807, 2.05) is 24.6 Å². The molecule has 15 heavy (non-hydrogen) atoms. The highest BCUT2D eigenvalue weighted by Crippen LogP contribution is 2.12. The van der Waals surface area contributed by atoms with Gasteiger partial charge in [0, 0.05) is 24.3 Å². The maximum absolute atomic E-state index is 12.0. The van der Waals surface area contributed by atoms with Crippen LogP contribution in [-0.2, 0) is 13.1 Å². The van der Waals surface area contributed by atoms with Crippen molar-refractivity contribution in [3.8, 4) is 0 Å². The molecule has 0 atom stereocenters. The van der Waals surface area contributed by atoms with E-state index in [2.05, 4.69) is 25.2 Å². The minimum absolute atomic E-state index is 0.137. The van der Waals surface area contributed by atoms with Gasteiger partial charge in [-0.15, -0.1) is 0 Å². The van der Waals surface area contributed by atoms with Crippen LogP contribution in [0, 0.1) is 0 Å². The van der Waals surface area contributed by atoms with Crippen LogP contribution in [0.1, 0.15) is 37.9 Å². The van der Waals surface area contributed by atoms with Crippen molar-refractivity contribution in [2.75, 3.05) is 7.05 Å². The quantitative estimate of drug-likeness (QED) is 0.817. The summed E-state index contributed by atoms with van der Waals surface area (Å²) in [6, 6.07) is 3.99. The summed E-state index contributed by atoms with van der Waals surface area (Å²) >= 11 is 0. The third kappa shape index (κ3) is 2.48. The van der Waals surface area contributed by atoms with Crippen molar-refractivity contribution in [3.05, 3.63) is 33.7 Å². The van der Waals surface area contributed by atoms with E-state index >= 15 is 0 Å². The average Bonchev–Trinajstić information content (AvgIpc) is 2.20. The monoisotopic (exact) mass is 208 g/mol. The molecule has 0 aliphatic heterocycles. The predicted octanol–water partition coefficient (Wildman–Crippen LogP) is 1.71. The highest BCUT2D eigenvalue weighted by atomic mass is 16.1. The summed E-state index contributed by atoms with van der Waals surface area (Å²) in [6.45, 7) is 7.61. The van der Waals surface area contributed by atoms with Crippen molar-refractivity contribution in [1.82, 2.24) is 9.88 Å². The number of nitrogens with zero attached hydrogens (tertiary/aromatic N) is 1. The van der Waals surface area contributed by atoms with E-state index in [4.69, 9.17) is 0 Å². The van der Waals surface area contributed by atoms with Gasteiger partial charge in [0.25, 0.3) is 5.56 Å². The largest absolute Gasteiger partial charge is 0.315 e. The zero-order chi connectivity index (χ0) is 11.4. The average molecular weight is 208 g/mol. The first kappa shape index (κ1) is 12.0. The van der Waals surface area contributed by atoms with E-state index in [-0.39, 0.29) is 5.56 Å². The molecule has 0 unspecified atom stereocenters. The molecule has 0 spiro atoms. The van der Waals surface area contributed by atoms with Gasteiger partial charge in [-0.2, -0.15) is 0 Å². The summed E-state index contributed by atoms with van der Waals surface area (Å²) < 4.78 is 1.86. The van der Waals surface area contributed by atoms with E-state index in [1.54, 1.807) is 0 Å². The van der Waals surface area contributed by atoms with E-state index < -0.39 is 0 Å². The van der Waals surface area contributed by atoms with Gasteiger partial charge in [0.2, 0.25) is 0 Å². The molecule has 0 saturated carbocycles. The van der Waals surface area contributed by atoms with Crippen LogP contribution < -0.4 is 10.9 Å². The van der Waals surface area contributed by atoms with Gasteiger partial charge >= 0.3 is 0 Å². The first-order chi connectivity index (χ1) is 7.11. The van der Waals surface area contributed by atoms with Gasteiger partial charge in [0.1, 0.15) is 0 Å². The molecule has 0 bridgehead atoms. The summed E-state index contributed by atoms with van der Waals surface area (Å²) in [4.78, 5) is 12.0. The highest BCUT2D eigenvalue weighted by Gasteiger charge is 2.09. The Hall–Kier alpha value is -1.09. The summed E-state index contributed by atoms with van der Waals surface area (Å²) in [5.74, 6) is 0.390. The number of pyridine rings is 1. The number of hydrogen-bond donors (Lipinski definition) is 1. The molecule has 0 aromatic carbocycles. The number of aromatic nitrogens is 1. The van der Waals surface area contributed by atoms with Crippen LogP contribution in [-0.4, -0.2) is 11.6 Å². The second kappa shape index (κ2) is 5.12. The Balaban J connectivity index is 3.26. The van der Waals surface area contributed by atoms with Crippen LogP contribution in [0.4, 0.5) is 0 Å². The molecule has 0 amide bonds. The topological polar surface area (TPSA) is 34.0 Å². The second-order valence-electron chi connectivity index (χ2n) is 4.02. The lowest BCUT2D eigenvalue weighted by molar-refractivity contribution is 0.627. The van der Waals surface area contributed by atoms with Crippen molar-refractivity contribution in [1.29, 1.82) is 0 Å². The van der Waals surface area contributed by atoms with Crippen LogP contribution >= 0.6 is 0 Å². The zero-order valence-corrected chi connectivity index (χ0v) is 10.0. The Bertz CT molecular complexity index is 380. The molecule has 1 heterocycles. The smallest absolute Gasteiger partial charge is 0.255 e. The lowest BCUT2D eigenvalue weighted by Gasteiger charge is -2.15. The molecule has 0 aliphatic carbocycles. The number of rotatable bonds is 4. The third-order valence-electron chi connectivity index (χ3n) is 2.56. The van der Waals surface area contributed by atoms with Gasteiger partial charge in [-0.05, 0) is 26.0 Å². The molecular formula is C12H20N2O. The minimum Gasteiger partial charge on any atom is -0.315 e. The van der Waals surface area contributed by atoms with Crippen LogP contribution in [0.5, 0.6) is 0 Å². The predicted molar refractivity (Wildman–Crippen MR) is 63.2 cm³/mol. The van der Waals surface area contributed by atoms with Gasteiger partial charge in [0.15, 0.2) is 0 Å². The van der Waals surface area contributed by atoms with E-state index in [0.717, 1.165) is 17.8 Å². The standard InChI is InChI=1S/C12H20N2O/c1-5-14-11(9(2)3)7-6-10(8-13-4)12(14)15/h6-7,9,13H,5,8H2,1-4H3. The second-order valence-corrected chi connectivity index (χ2v) is 4.02. The summed E-state index contributed by atoms with van der Waals surface area (Å²) in [7, 11) is 1.85. The lowest BCUT2D eigenvalue weighted by atomic mass is 10.1. The summed E-state index contributed by atoms with van der Waals surface area (Å²) in [6.07, 6.45) is 0. The van der Waals surface area contributed by atoms with Crippen LogP contribution in [0.2, 0.25) is 0 Å². The van der Waals surface area contributed by atoms with Gasteiger partial charge < -0.3 is 9.88 Å². The molecule has 3 nitrogen and oxygen atoms in total. The molecule has 3 heteroatoms. The summed E-state index contributed by atoms with van der Waals surface area (Å²) in [5.41, 5.74) is 2.09. The molecule has 0 fully saturated rings. The Kier molecular flexibility index (Phi) is 4.09. The van der Waals surface area contributed by atoms with Crippen molar-refractivity contribution in [3.63, 3.8) is 0 Å². The van der Waals surface area contributed by atoms with Gasteiger partial charge in [-0.25, -0.2) is 0 Å². The maximum atomic E-state index is 12.0. The van der Waals surface area contributed by atoms with Gasteiger partial charge in [0.05, 0.1) is 0 Å². The Morgan fingerprint density at radius 1 is 1.40 bits per heavy atom. The fourth-order valence-corrected chi connectivity index (χ4v) is 1.79. The SMILES string of the molecule is CCn1c(C(C)C)ccc(CNC)c1=O. The van der Waals surface area contributed by atoms with Crippen molar-refractivity contribution >= 4 is 0 Å². The number of nitrogens with one attached hydrogen (secondary N) is 1. The molecule has 0 radical (unpaired) electrons. The lowest BCUT2D eigenvalue weighted by Crippen LogP contribution is -2.28. The molecule has 1 N–H and O–H groups in total. The van der Waals surface area contributed by atoms with Crippen LogP contribution in [0.25, 0.3) is 0 Å². The minimum atomic E-state index is 0.137. The van der Waals surface area contributed by atoms with Crippen molar-refractivity contribution in [2.24, 2.45) is 0 Å². The van der Waals surface area contributed by atoms with Crippen LogP contribution in [0.3, 0.4) is 0 Å². The first-order valence-electron chi connectivity index (χ1n) is 5.49. The Labute approximate surface area is 91.1 Å². The Morgan fingerprint density at radius 2 is 2.07 bits per heavy atom. The molecule has 0 aliphatic rings. The zero-order valence-electron chi connectivity index (χ0n) is 10.0. The van der Waals surface area contributed by atoms with E-state index in [1.165, 1.54) is 0 Å². The summed E-state index contributed by atoms with van der Waals surface area (Å²) in [5, 5.41) is 3.01. The molecule has 0 saturated heterocycles. The maximum Gasteiger partial charge on any atom is 0.255 e. The molecule has 1 aromatic heterocycles. The normalized spacial score (nSPS) is 11.0. The Morgan fingerprint density at radius 3 is 2.53 bits per heavy atom. The number of hydrogen-bond acceptors (Lipinski definition) is 2. The van der Waals surface area contributed by atoms with Gasteiger partial charge in [-0.3, -0.25) is 4.79 Å². The fraction of sp³-hybridized carbons (Fsp3) is 0.583. The third-order valence-corrected chi connectivity index (χ3v) is 2.56. The first-order valence-corrected chi connectivity index (χ1v) is 5.49. The van der Waals surface area contributed by atoms with Crippen LogP contribution in [0.15, 0.2) is 16.9 Å². The molecular weight excluding hydrogens is 188 g/mol. The molecule has 1 rings (SSSR count). The van der Waals surface area contributed by atoms with Crippen molar-refractivity contribution in [2.45, 2.75) is 39.8 Å². The molecule has 1 aromatic rings. The van der Waals surface area contributed by atoms with Crippen molar-refractivity contribution < 1.29 is 0 Å².